The zero-order valence-electron chi connectivity index (χ0n) is 13.7. The molecule has 120 valence electrons. The Balaban J connectivity index is 2.38. The van der Waals surface area contributed by atoms with Crippen LogP contribution in [0.25, 0.3) is 0 Å². The maximum absolute atomic E-state index is 8.82. The number of unbranched alkanes of at least 4 members (excludes halogenated alkanes) is 2. The van der Waals surface area contributed by atoms with E-state index < -0.39 is 0 Å². The van der Waals surface area contributed by atoms with Gasteiger partial charge in [-0.3, -0.25) is 0 Å². The second kappa shape index (κ2) is 9.72. The van der Waals surface area contributed by atoms with E-state index in [0.717, 1.165) is 58.5 Å². The van der Waals surface area contributed by atoms with Gasteiger partial charge in [0.25, 0.3) is 0 Å². The normalized spacial score (nSPS) is 18.9. The summed E-state index contributed by atoms with van der Waals surface area (Å²) < 4.78 is 5.55. The Morgan fingerprint density at radius 3 is 2.50 bits per heavy atom. The van der Waals surface area contributed by atoms with Crippen LogP contribution in [0.15, 0.2) is 0 Å². The number of aliphatic hydroxyl groups is 1. The third kappa shape index (κ3) is 7.02. The predicted molar refractivity (Wildman–Crippen MR) is 84.1 cm³/mol. The minimum Gasteiger partial charge on any atom is -0.396 e. The first-order valence-electron chi connectivity index (χ1n) is 8.18. The van der Waals surface area contributed by atoms with E-state index in [1.165, 1.54) is 6.42 Å². The SMILES string of the molecule is CC(C)NCC1(CN(C)CCCCCO)CCOCC1. The molecule has 0 unspecified atom stereocenters. The van der Waals surface area contributed by atoms with Gasteiger partial charge < -0.3 is 20.1 Å². The van der Waals surface area contributed by atoms with Crippen LogP contribution in [0.3, 0.4) is 0 Å². The van der Waals surface area contributed by atoms with Gasteiger partial charge in [-0.1, -0.05) is 13.8 Å². The third-order valence-corrected chi connectivity index (χ3v) is 4.24. The highest BCUT2D eigenvalue weighted by Gasteiger charge is 2.33. The highest BCUT2D eigenvalue weighted by atomic mass is 16.5. The van der Waals surface area contributed by atoms with E-state index in [1.807, 2.05) is 0 Å². The number of nitrogens with one attached hydrogen (secondary N) is 1. The van der Waals surface area contributed by atoms with E-state index in [0.29, 0.717) is 18.1 Å². The Bertz CT molecular complexity index is 241. The molecule has 1 fully saturated rings. The van der Waals surface area contributed by atoms with E-state index in [9.17, 15) is 0 Å². The fourth-order valence-electron chi connectivity index (χ4n) is 2.94. The minimum atomic E-state index is 0.323. The van der Waals surface area contributed by atoms with Gasteiger partial charge >= 0.3 is 0 Å². The molecule has 0 aromatic carbocycles. The van der Waals surface area contributed by atoms with E-state index in [4.69, 9.17) is 9.84 Å². The Labute approximate surface area is 124 Å². The van der Waals surface area contributed by atoms with E-state index in [-0.39, 0.29) is 0 Å². The van der Waals surface area contributed by atoms with E-state index >= 15 is 0 Å². The Kier molecular flexibility index (Phi) is 8.69. The number of ether oxygens (including phenoxy) is 1. The molecule has 0 bridgehead atoms. The zero-order valence-corrected chi connectivity index (χ0v) is 13.7. The molecule has 0 aromatic heterocycles. The molecule has 1 aliphatic heterocycles. The first kappa shape index (κ1) is 17.9. The van der Waals surface area contributed by atoms with E-state index in [1.54, 1.807) is 0 Å². The number of hydrogen-bond donors (Lipinski definition) is 2. The molecule has 4 nitrogen and oxygen atoms in total. The smallest absolute Gasteiger partial charge is 0.0472 e. The first-order chi connectivity index (χ1) is 9.58. The molecule has 0 saturated carbocycles. The van der Waals surface area contributed by atoms with Crippen LogP contribution < -0.4 is 5.32 Å². The van der Waals surface area contributed by atoms with Gasteiger partial charge in [0.1, 0.15) is 0 Å². The number of rotatable bonds is 10. The maximum Gasteiger partial charge on any atom is 0.0472 e. The lowest BCUT2D eigenvalue weighted by atomic mass is 9.79. The van der Waals surface area contributed by atoms with Crippen molar-refractivity contribution in [3.8, 4) is 0 Å². The van der Waals surface area contributed by atoms with Gasteiger partial charge in [-0.25, -0.2) is 0 Å². The number of hydrogen-bond acceptors (Lipinski definition) is 4. The van der Waals surface area contributed by atoms with Crippen molar-refractivity contribution < 1.29 is 9.84 Å². The molecule has 0 aromatic rings. The van der Waals surface area contributed by atoms with Crippen LogP contribution in [0.5, 0.6) is 0 Å². The summed E-state index contributed by atoms with van der Waals surface area (Å²) >= 11 is 0. The molecule has 0 amide bonds. The quantitative estimate of drug-likeness (QED) is 0.602. The van der Waals surface area contributed by atoms with Gasteiger partial charge in [-0.15, -0.1) is 0 Å². The standard InChI is InChI=1S/C16H34N2O2/c1-15(2)17-13-16(7-11-20-12-8-16)14-18(3)9-5-4-6-10-19/h15,17,19H,4-14H2,1-3H3. The van der Waals surface area contributed by atoms with Crippen molar-refractivity contribution in [2.45, 2.75) is 52.0 Å². The Hall–Kier alpha value is -0.160. The third-order valence-electron chi connectivity index (χ3n) is 4.24. The van der Waals surface area contributed by atoms with E-state index in [2.05, 4.69) is 31.1 Å². The fraction of sp³-hybridized carbons (Fsp3) is 1.00. The van der Waals surface area contributed by atoms with Gasteiger partial charge in [0.15, 0.2) is 0 Å². The highest BCUT2D eigenvalue weighted by Crippen LogP contribution is 2.31. The average molecular weight is 286 g/mol. The van der Waals surface area contributed by atoms with Crippen molar-refractivity contribution >= 4 is 0 Å². The van der Waals surface area contributed by atoms with Crippen LogP contribution in [0.1, 0.15) is 46.0 Å². The topological polar surface area (TPSA) is 44.7 Å². The van der Waals surface area contributed by atoms with Crippen molar-refractivity contribution in [2.24, 2.45) is 5.41 Å². The molecular weight excluding hydrogens is 252 g/mol. The molecule has 20 heavy (non-hydrogen) atoms. The number of nitrogens with zero attached hydrogens (tertiary/aromatic N) is 1. The molecule has 2 N–H and O–H groups in total. The molecular formula is C16H34N2O2. The van der Waals surface area contributed by atoms with Crippen molar-refractivity contribution in [3.63, 3.8) is 0 Å². The second-order valence-corrected chi connectivity index (χ2v) is 6.67. The van der Waals surface area contributed by atoms with Crippen molar-refractivity contribution in [2.75, 3.05) is 46.5 Å². The van der Waals surface area contributed by atoms with Crippen LogP contribution in [0.2, 0.25) is 0 Å². The van der Waals surface area contributed by atoms with Gasteiger partial charge in [0.05, 0.1) is 0 Å². The molecule has 1 saturated heterocycles. The average Bonchev–Trinajstić information content (AvgIpc) is 2.43. The summed E-state index contributed by atoms with van der Waals surface area (Å²) in [6.45, 7) is 9.92. The molecule has 0 spiro atoms. The number of aliphatic hydroxyl groups excluding tert-OH is 1. The lowest BCUT2D eigenvalue weighted by Crippen LogP contribution is -2.48. The van der Waals surface area contributed by atoms with Crippen LogP contribution in [-0.4, -0.2) is 62.6 Å². The largest absolute Gasteiger partial charge is 0.396 e. The van der Waals surface area contributed by atoms with Crippen LogP contribution in [0.4, 0.5) is 0 Å². The molecule has 0 aliphatic carbocycles. The summed E-state index contributed by atoms with van der Waals surface area (Å²) in [6, 6.07) is 0.546. The minimum absolute atomic E-state index is 0.323. The monoisotopic (exact) mass is 286 g/mol. The lowest BCUT2D eigenvalue weighted by molar-refractivity contribution is -0.00163. The highest BCUT2D eigenvalue weighted by molar-refractivity contribution is 4.87. The molecule has 1 heterocycles. The predicted octanol–water partition coefficient (Wildman–Crippen LogP) is 1.88. The van der Waals surface area contributed by atoms with Gasteiger partial charge in [0.2, 0.25) is 0 Å². The van der Waals surface area contributed by atoms with Crippen molar-refractivity contribution in [1.82, 2.24) is 10.2 Å². The molecule has 1 aliphatic rings. The summed E-state index contributed by atoms with van der Waals surface area (Å²) in [5, 5.41) is 12.4. The van der Waals surface area contributed by atoms with Gasteiger partial charge in [-0.2, -0.15) is 0 Å². The summed E-state index contributed by atoms with van der Waals surface area (Å²) in [5.41, 5.74) is 0.369. The second-order valence-electron chi connectivity index (χ2n) is 6.67. The summed E-state index contributed by atoms with van der Waals surface area (Å²) in [5.74, 6) is 0. The fourth-order valence-corrected chi connectivity index (χ4v) is 2.94. The lowest BCUT2D eigenvalue weighted by Gasteiger charge is -2.41. The molecule has 0 atom stereocenters. The Morgan fingerprint density at radius 1 is 1.20 bits per heavy atom. The first-order valence-corrected chi connectivity index (χ1v) is 8.18. The summed E-state index contributed by atoms with van der Waals surface area (Å²) in [6.07, 6.45) is 5.56. The van der Waals surface area contributed by atoms with Gasteiger partial charge in [0, 0.05) is 39.0 Å². The van der Waals surface area contributed by atoms with Gasteiger partial charge in [-0.05, 0) is 51.1 Å². The zero-order chi connectivity index (χ0) is 14.8. The van der Waals surface area contributed by atoms with Crippen LogP contribution in [-0.2, 0) is 4.74 Å². The van der Waals surface area contributed by atoms with Crippen molar-refractivity contribution in [3.05, 3.63) is 0 Å². The summed E-state index contributed by atoms with van der Waals surface area (Å²) in [7, 11) is 2.23. The Morgan fingerprint density at radius 2 is 1.90 bits per heavy atom. The maximum atomic E-state index is 8.82. The molecule has 4 heteroatoms. The molecule has 1 rings (SSSR count). The van der Waals surface area contributed by atoms with Crippen LogP contribution >= 0.6 is 0 Å². The van der Waals surface area contributed by atoms with Crippen molar-refractivity contribution in [1.29, 1.82) is 0 Å². The molecule has 0 radical (unpaired) electrons. The summed E-state index contributed by atoms with van der Waals surface area (Å²) in [4.78, 5) is 2.46. The van der Waals surface area contributed by atoms with Crippen LogP contribution in [0, 0.1) is 5.41 Å².